The smallest absolute Gasteiger partial charge is 0.119 e. The fourth-order valence-corrected chi connectivity index (χ4v) is 3.54. The van der Waals surface area contributed by atoms with Crippen LogP contribution in [0.3, 0.4) is 0 Å². The highest BCUT2D eigenvalue weighted by Gasteiger charge is 2.37. The fourth-order valence-electron chi connectivity index (χ4n) is 3.54. The molecule has 2 aliphatic carbocycles. The minimum absolute atomic E-state index is 0.201. The zero-order valence-corrected chi connectivity index (χ0v) is 12.9. The molecule has 1 aromatic rings. The minimum Gasteiger partial charge on any atom is -0.490 e. The number of nitrogens with one attached hydrogen (secondary N) is 1. The van der Waals surface area contributed by atoms with Crippen LogP contribution >= 0.6 is 0 Å². The van der Waals surface area contributed by atoms with E-state index in [1.807, 2.05) is 37.4 Å². The topological polar surface area (TPSA) is 33.6 Å². The first kappa shape index (κ1) is 14.6. The normalized spacial score (nSPS) is 28.2. The summed E-state index contributed by atoms with van der Waals surface area (Å²) in [5.74, 6) is 1.00. The molecule has 3 nitrogen and oxygen atoms in total. The van der Waals surface area contributed by atoms with Gasteiger partial charge in [0.2, 0.25) is 0 Å². The van der Waals surface area contributed by atoms with Crippen LogP contribution in [0.15, 0.2) is 35.3 Å². The van der Waals surface area contributed by atoms with Crippen LogP contribution in [-0.4, -0.2) is 30.9 Å². The molecule has 2 fully saturated rings. The number of hydrogen-bond acceptors (Lipinski definition) is 3. The average molecular weight is 286 g/mol. The van der Waals surface area contributed by atoms with Crippen LogP contribution in [0.1, 0.15) is 44.9 Å². The van der Waals surface area contributed by atoms with E-state index < -0.39 is 0 Å². The summed E-state index contributed by atoms with van der Waals surface area (Å²) < 4.78 is 6.07. The van der Waals surface area contributed by atoms with E-state index in [-0.39, 0.29) is 5.54 Å². The second kappa shape index (κ2) is 6.61. The van der Waals surface area contributed by atoms with E-state index in [4.69, 9.17) is 4.74 Å². The predicted molar refractivity (Wildman–Crippen MR) is 87.2 cm³/mol. The quantitative estimate of drug-likeness (QED) is 0.839. The summed E-state index contributed by atoms with van der Waals surface area (Å²) in [6, 6.07) is 10.8. The molecule has 2 saturated carbocycles. The Labute approximate surface area is 127 Å². The summed E-state index contributed by atoms with van der Waals surface area (Å²) in [6.07, 6.45) is 11.0. The first-order chi connectivity index (χ1) is 10.3. The molecule has 3 rings (SSSR count). The van der Waals surface area contributed by atoms with Crippen molar-refractivity contribution in [2.75, 3.05) is 7.05 Å². The summed E-state index contributed by atoms with van der Waals surface area (Å²) >= 11 is 0. The third-order valence-electron chi connectivity index (χ3n) is 4.83. The standard InChI is InChI=1S/C18H26N2O/c1-19-14-18(12-5-13-18)20-15-8-10-17(11-9-15)21-16-6-3-2-4-7-16/h2-4,6-7,14-15,17,20H,5,8-13H2,1H3. The molecule has 0 heterocycles. The molecule has 0 amide bonds. The highest BCUT2D eigenvalue weighted by molar-refractivity contribution is 5.71. The maximum absolute atomic E-state index is 6.07. The van der Waals surface area contributed by atoms with Crippen molar-refractivity contribution in [3.8, 4) is 5.75 Å². The third kappa shape index (κ3) is 3.65. The van der Waals surface area contributed by atoms with Crippen molar-refractivity contribution in [2.24, 2.45) is 4.99 Å². The molecule has 21 heavy (non-hydrogen) atoms. The number of aliphatic imine (C=N–C) groups is 1. The summed E-state index contributed by atoms with van der Waals surface area (Å²) in [4.78, 5) is 4.25. The summed E-state index contributed by atoms with van der Waals surface area (Å²) in [5, 5.41) is 3.85. The molecule has 0 aliphatic heterocycles. The molecule has 0 spiro atoms. The largest absolute Gasteiger partial charge is 0.490 e. The van der Waals surface area contributed by atoms with Gasteiger partial charge in [0.25, 0.3) is 0 Å². The summed E-state index contributed by atoms with van der Waals surface area (Å²) in [5.41, 5.74) is 0.201. The van der Waals surface area contributed by atoms with E-state index in [0.717, 1.165) is 18.6 Å². The van der Waals surface area contributed by atoms with Gasteiger partial charge >= 0.3 is 0 Å². The molecule has 0 aromatic heterocycles. The van der Waals surface area contributed by atoms with Crippen LogP contribution in [0.25, 0.3) is 0 Å². The van der Waals surface area contributed by atoms with Gasteiger partial charge in [-0.25, -0.2) is 0 Å². The van der Waals surface area contributed by atoms with Crippen molar-refractivity contribution in [3.63, 3.8) is 0 Å². The molecule has 114 valence electrons. The summed E-state index contributed by atoms with van der Waals surface area (Å²) in [7, 11) is 1.88. The van der Waals surface area contributed by atoms with Gasteiger partial charge in [0, 0.05) is 19.3 Å². The lowest BCUT2D eigenvalue weighted by molar-refractivity contribution is 0.124. The molecular formula is C18H26N2O. The van der Waals surface area contributed by atoms with Gasteiger partial charge in [0.05, 0.1) is 11.6 Å². The maximum Gasteiger partial charge on any atom is 0.119 e. The van der Waals surface area contributed by atoms with Crippen molar-refractivity contribution in [3.05, 3.63) is 30.3 Å². The van der Waals surface area contributed by atoms with E-state index in [1.165, 1.54) is 32.1 Å². The molecule has 0 unspecified atom stereocenters. The fraction of sp³-hybridized carbons (Fsp3) is 0.611. The first-order valence-corrected chi connectivity index (χ1v) is 8.22. The van der Waals surface area contributed by atoms with E-state index >= 15 is 0 Å². The van der Waals surface area contributed by atoms with Gasteiger partial charge in [-0.15, -0.1) is 0 Å². The van der Waals surface area contributed by atoms with Gasteiger partial charge < -0.3 is 10.1 Å². The number of ether oxygens (including phenoxy) is 1. The van der Waals surface area contributed by atoms with E-state index in [1.54, 1.807) is 0 Å². The highest BCUT2D eigenvalue weighted by atomic mass is 16.5. The minimum atomic E-state index is 0.201. The molecule has 1 N–H and O–H groups in total. The van der Waals surface area contributed by atoms with Gasteiger partial charge in [-0.2, -0.15) is 0 Å². The Morgan fingerprint density at radius 1 is 1.14 bits per heavy atom. The Hall–Kier alpha value is -1.35. The zero-order valence-electron chi connectivity index (χ0n) is 12.9. The second-order valence-electron chi connectivity index (χ2n) is 6.45. The Kier molecular flexibility index (Phi) is 4.59. The predicted octanol–water partition coefficient (Wildman–Crippen LogP) is 3.59. The molecule has 1 aromatic carbocycles. The molecule has 0 saturated heterocycles. The van der Waals surface area contributed by atoms with Crippen molar-refractivity contribution in [2.45, 2.75) is 62.6 Å². The van der Waals surface area contributed by atoms with Crippen LogP contribution in [0.4, 0.5) is 0 Å². The van der Waals surface area contributed by atoms with Crippen molar-refractivity contribution >= 4 is 6.21 Å². The van der Waals surface area contributed by atoms with Crippen LogP contribution in [-0.2, 0) is 0 Å². The molecule has 0 bridgehead atoms. The van der Waals surface area contributed by atoms with Crippen LogP contribution in [0, 0.1) is 0 Å². The van der Waals surface area contributed by atoms with Crippen LogP contribution < -0.4 is 10.1 Å². The lowest BCUT2D eigenvalue weighted by atomic mass is 9.76. The van der Waals surface area contributed by atoms with Gasteiger partial charge in [-0.1, -0.05) is 18.2 Å². The van der Waals surface area contributed by atoms with Crippen molar-refractivity contribution < 1.29 is 4.74 Å². The monoisotopic (exact) mass is 286 g/mol. The lowest BCUT2D eigenvalue weighted by Crippen LogP contribution is -2.57. The second-order valence-corrected chi connectivity index (χ2v) is 6.45. The number of para-hydroxylation sites is 1. The highest BCUT2D eigenvalue weighted by Crippen LogP contribution is 2.33. The lowest BCUT2D eigenvalue weighted by Gasteiger charge is -2.44. The molecule has 2 aliphatic rings. The van der Waals surface area contributed by atoms with E-state index in [2.05, 4.69) is 16.5 Å². The Balaban J connectivity index is 1.47. The first-order valence-electron chi connectivity index (χ1n) is 8.22. The zero-order chi connectivity index (χ0) is 14.5. The maximum atomic E-state index is 6.07. The Morgan fingerprint density at radius 2 is 1.86 bits per heavy atom. The van der Waals surface area contributed by atoms with Crippen LogP contribution in [0.2, 0.25) is 0 Å². The van der Waals surface area contributed by atoms with Gasteiger partial charge in [-0.3, -0.25) is 4.99 Å². The Bertz CT molecular complexity index is 459. The number of nitrogens with zero attached hydrogens (tertiary/aromatic N) is 1. The Morgan fingerprint density at radius 3 is 2.43 bits per heavy atom. The van der Waals surface area contributed by atoms with Gasteiger partial charge in [-0.05, 0) is 57.1 Å². The average Bonchev–Trinajstić information content (AvgIpc) is 2.48. The van der Waals surface area contributed by atoms with Crippen molar-refractivity contribution in [1.82, 2.24) is 5.32 Å². The number of rotatable bonds is 5. The molecular weight excluding hydrogens is 260 g/mol. The SMILES string of the molecule is CN=CC1(NC2CCC(Oc3ccccc3)CC2)CCC1. The van der Waals surface area contributed by atoms with Crippen LogP contribution in [0.5, 0.6) is 5.75 Å². The molecule has 0 radical (unpaired) electrons. The third-order valence-corrected chi connectivity index (χ3v) is 4.83. The number of hydrogen-bond donors (Lipinski definition) is 1. The van der Waals surface area contributed by atoms with Gasteiger partial charge in [0.1, 0.15) is 5.75 Å². The number of benzene rings is 1. The van der Waals surface area contributed by atoms with E-state index in [9.17, 15) is 0 Å². The molecule has 3 heteroatoms. The molecule has 0 atom stereocenters. The van der Waals surface area contributed by atoms with Gasteiger partial charge in [0.15, 0.2) is 0 Å². The van der Waals surface area contributed by atoms with Crippen molar-refractivity contribution in [1.29, 1.82) is 0 Å². The summed E-state index contributed by atoms with van der Waals surface area (Å²) in [6.45, 7) is 0. The van der Waals surface area contributed by atoms with E-state index in [0.29, 0.717) is 12.1 Å².